The van der Waals surface area contributed by atoms with Gasteiger partial charge in [0.2, 0.25) is 0 Å². The Bertz CT molecular complexity index is 360. The third kappa shape index (κ3) is 5.65. The molecule has 1 unspecified atom stereocenters. The van der Waals surface area contributed by atoms with E-state index in [1.807, 2.05) is 6.07 Å². The first kappa shape index (κ1) is 15.2. The quantitative estimate of drug-likeness (QED) is 0.680. The third-order valence-electron chi connectivity index (χ3n) is 2.85. The topological polar surface area (TPSA) is 46.5 Å². The minimum absolute atomic E-state index is 0.247. The van der Waals surface area contributed by atoms with E-state index in [0.717, 1.165) is 11.3 Å². The van der Waals surface area contributed by atoms with Crippen molar-refractivity contribution in [2.75, 3.05) is 0 Å². The number of unbranched alkanes of at least 4 members (excludes halogenated alkanes) is 3. The van der Waals surface area contributed by atoms with Crippen molar-refractivity contribution in [3.8, 4) is 0 Å². The second-order valence-electron chi connectivity index (χ2n) is 4.54. The van der Waals surface area contributed by atoms with Crippen molar-refractivity contribution in [1.82, 2.24) is 0 Å². The summed E-state index contributed by atoms with van der Waals surface area (Å²) in [6, 6.07) is 3.47. The van der Waals surface area contributed by atoms with E-state index < -0.39 is 5.97 Å². The molecule has 4 heteroatoms. The SMILES string of the molecule is CCCCCCC(C)OCc1ccc(C(=O)O)s1. The highest BCUT2D eigenvalue weighted by Crippen LogP contribution is 2.18. The van der Waals surface area contributed by atoms with Crippen LogP contribution in [0.1, 0.15) is 60.5 Å². The van der Waals surface area contributed by atoms with Crippen molar-refractivity contribution in [1.29, 1.82) is 0 Å². The van der Waals surface area contributed by atoms with E-state index in [4.69, 9.17) is 9.84 Å². The van der Waals surface area contributed by atoms with Gasteiger partial charge in [0.25, 0.3) is 0 Å². The van der Waals surface area contributed by atoms with Crippen LogP contribution in [0, 0.1) is 0 Å². The average Bonchev–Trinajstić information content (AvgIpc) is 2.81. The molecule has 0 amide bonds. The van der Waals surface area contributed by atoms with Crippen molar-refractivity contribution < 1.29 is 14.6 Å². The molecule has 3 nitrogen and oxygen atoms in total. The summed E-state index contributed by atoms with van der Waals surface area (Å²) < 4.78 is 5.72. The smallest absolute Gasteiger partial charge is 0.345 e. The van der Waals surface area contributed by atoms with Crippen molar-refractivity contribution in [2.45, 2.75) is 58.7 Å². The van der Waals surface area contributed by atoms with E-state index in [2.05, 4.69) is 13.8 Å². The van der Waals surface area contributed by atoms with Crippen molar-refractivity contribution >= 4 is 17.3 Å². The van der Waals surface area contributed by atoms with Gasteiger partial charge in [0, 0.05) is 4.88 Å². The Balaban J connectivity index is 2.20. The number of carboxylic acid groups (broad SMARTS) is 1. The molecule has 0 aliphatic rings. The molecule has 18 heavy (non-hydrogen) atoms. The Morgan fingerprint density at radius 1 is 1.39 bits per heavy atom. The summed E-state index contributed by atoms with van der Waals surface area (Å²) >= 11 is 1.29. The van der Waals surface area contributed by atoms with E-state index in [0.29, 0.717) is 11.5 Å². The number of carboxylic acids is 1. The number of thiophene rings is 1. The van der Waals surface area contributed by atoms with E-state index in [1.54, 1.807) is 6.07 Å². The van der Waals surface area contributed by atoms with E-state index >= 15 is 0 Å². The molecule has 1 rings (SSSR count). The maximum Gasteiger partial charge on any atom is 0.345 e. The van der Waals surface area contributed by atoms with Gasteiger partial charge < -0.3 is 9.84 Å². The molecule has 1 aromatic rings. The predicted octanol–water partition coefficient (Wildman–Crippen LogP) is 4.32. The number of rotatable bonds is 9. The first-order valence-electron chi connectivity index (χ1n) is 6.57. The van der Waals surface area contributed by atoms with Gasteiger partial charge in [-0.3, -0.25) is 0 Å². The van der Waals surface area contributed by atoms with Crippen molar-refractivity contribution in [3.05, 3.63) is 21.9 Å². The van der Waals surface area contributed by atoms with Gasteiger partial charge in [-0.05, 0) is 25.5 Å². The second kappa shape index (κ2) is 8.27. The minimum atomic E-state index is -0.862. The van der Waals surface area contributed by atoms with Gasteiger partial charge in [0.1, 0.15) is 4.88 Å². The summed E-state index contributed by atoms with van der Waals surface area (Å²) in [6.45, 7) is 4.81. The molecular formula is C14H22O3S. The van der Waals surface area contributed by atoms with Crippen LogP contribution in [-0.2, 0) is 11.3 Å². The van der Waals surface area contributed by atoms with Gasteiger partial charge >= 0.3 is 5.97 Å². The monoisotopic (exact) mass is 270 g/mol. The molecule has 0 spiro atoms. The Hall–Kier alpha value is -0.870. The van der Waals surface area contributed by atoms with Crippen LogP contribution in [0.2, 0.25) is 0 Å². The fourth-order valence-electron chi connectivity index (χ4n) is 1.74. The van der Waals surface area contributed by atoms with Crippen LogP contribution < -0.4 is 0 Å². The van der Waals surface area contributed by atoms with Crippen LogP contribution >= 0.6 is 11.3 Å². The molecule has 1 heterocycles. The van der Waals surface area contributed by atoms with Gasteiger partial charge in [-0.2, -0.15) is 0 Å². The Morgan fingerprint density at radius 3 is 2.78 bits per heavy atom. The summed E-state index contributed by atoms with van der Waals surface area (Å²) in [5, 5.41) is 8.81. The van der Waals surface area contributed by atoms with Crippen LogP contribution in [0.3, 0.4) is 0 Å². The lowest BCUT2D eigenvalue weighted by Gasteiger charge is -2.11. The molecule has 0 saturated heterocycles. The molecule has 102 valence electrons. The molecule has 1 N–H and O–H groups in total. The van der Waals surface area contributed by atoms with Gasteiger partial charge in [0.05, 0.1) is 12.7 Å². The van der Waals surface area contributed by atoms with E-state index in [1.165, 1.54) is 37.0 Å². The van der Waals surface area contributed by atoms with E-state index in [-0.39, 0.29) is 6.10 Å². The predicted molar refractivity (Wildman–Crippen MR) is 74.3 cm³/mol. The second-order valence-corrected chi connectivity index (χ2v) is 5.71. The maximum absolute atomic E-state index is 10.7. The van der Waals surface area contributed by atoms with E-state index in [9.17, 15) is 4.79 Å². The molecule has 0 bridgehead atoms. The van der Waals surface area contributed by atoms with Crippen LogP contribution in [0.15, 0.2) is 12.1 Å². The zero-order chi connectivity index (χ0) is 13.4. The third-order valence-corrected chi connectivity index (χ3v) is 3.89. The zero-order valence-electron chi connectivity index (χ0n) is 11.1. The average molecular weight is 270 g/mol. The number of hydrogen-bond acceptors (Lipinski definition) is 3. The highest BCUT2D eigenvalue weighted by atomic mass is 32.1. The van der Waals surface area contributed by atoms with Crippen LogP contribution in [0.4, 0.5) is 0 Å². The molecular weight excluding hydrogens is 248 g/mol. The number of carbonyl (C=O) groups is 1. The first-order valence-corrected chi connectivity index (χ1v) is 7.38. The molecule has 0 radical (unpaired) electrons. The van der Waals surface area contributed by atoms with Crippen LogP contribution in [0.25, 0.3) is 0 Å². The number of hydrogen-bond donors (Lipinski definition) is 1. The van der Waals surface area contributed by atoms with Gasteiger partial charge in [-0.25, -0.2) is 4.79 Å². The summed E-state index contributed by atoms with van der Waals surface area (Å²) in [4.78, 5) is 12.1. The fourth-order valence-corrected chi connectivity index (χ4v) is 2.51. The number of ether oxygens (including phenoxy) is 1. The van der Waals surface area contributed by atoms with Crippen LogP contribution in [0.5, 0.6) is 0 Å². The van der Waals surface area contributed by atoms with Gasteiger partial charge in [-0.1, -0.05) is 32.6 Å². The normalized spacial score (nSPS) is 12.6. The van der Waals surface area contributed by atoms with Gasteiger partial charge in [-0.15, -0.1) is 11.3 Å². The first-order chi connectivity index (χ1) is 8.63. The highest BCUT2D eigenvalue weighted by Gasteiger charge is 2.08. The molecule has 1 atom stereocenters. The summed E-state index contributed by atoms with van der Waals surface area (Å²) in [6.07, 6.45) is 6.35. The van der Waals surface area contributed by atoms with Crippen molar-refractivity contribution in [3.63, 3.8) is 0 Å². The maximum atomic E-state index is 10.7. The molecule has 0 aromatic carbocycles. The molecule has 0 aliphatic heterocycles. The lowest BCUT2D eigenvalue weighted by atomic mass is 10.1. The Labute approximate surface area is 113 Å². The van der Waals surface area contributed by atoms with Crippen molar-refractivity contribution in [2.24, 2.45) is 0 Å². The lowest BCUT2D eigenvalue weighted by Crippen LogP contribution is -2.07. The largest absolute Gasteiger partial charge is 0.477 e. The standard InChI is InChI=1S/C14H22O3S/c1-3-4-5-6-7-11(2)17-10-12-8-9-13(18-12)14(15)16/h8-9,11H,3-7,10H2,1-2H3,(H,15,16). The summed E-state index contributed by atoms with van der Waals surface area (Å²) in [7, 11) is 0. The highest BCUT2D eigenvalue weighted by molar-refractivity contribution is 7.13. The lowest BCUT2D eigenvalue weighted by molar-refractivity contribution is 0.0475. The number of aromatic carboxylic acids is 1. The van der Waals surface area contributed by atoms with Crippen LogP contribution in [-0.4, -0.2) is 17.2 Å². The molecule has 0 fully saturated rings. The fraction of sp³-hybridized carbons (Fsp3) is 0.643. The summed E-state index contributed by atoms with van der Waals surface area (Å²) in [5.41, 5.74) is 0. The Kier molecular flexibility index (Phi) is 6.98. The Morgan fingerprint density at radius 2 is 2.17 bits per heavy atom. The minimum Gasteiger partial charge on any atom is -0.477 e. The van der Waals surface area contributed by atoms with Gasteiger partial charge in [0.15, 0.2) is 0 Å². The summed E-state index contributed by atoms with van der Waals surface area (Å²) in [5.74, 6) is -0.862. The zero-order valence-corrected chi connectivity index (χ0v) is 12.0. The molecule has 1 aromatic heterocycles. The molecule has 0 saturated carbocycles. The molecule has 0 aliphatic carbocycles.